The summed E-state index contributed by atoms with van der Waals surface area (Å²) in [5, 5.41) is 14.4. The van der Waals surface area contributed by atoms with Crippen molar-refractivity contribution in [1.29, 1.82) is 0 Å². The van der Waals surface area contributed by atoms with Gasteiger partial charge in [0.15, 0.2) is 0 Å². The zero-order chi connectivity index (χ0) is 31.7. The number of rotatable bonds is 14. The molecule has 0 aliphatic rings. The summed E-state index contributed by atoms with van der Waals surface area (Å²) in [7, 11) is -2.86. The maximum absolute atomic E-state index is 14.2. The van der Waals surface area contributed by atoms with Crippen molar-refractivity contribution in [2.75, 3.05) is 30.8 Å². The molecule has 0 aliphatic heterocycles. The van der Waals surface area contributed by atoms with Crippen molar-refractivity contribution in [1.82, 2.24) is 10.2 Å². The summed E-state index contributed by atoms with van der Waals surface area (Å²) in [5.41, 5.74) is 0.977. The van der Waals surface area contributed by atoms with E-state index < -0.39 is 33.4 Å². The summed E-state index contributed by atoms with van der Waals surface area (Å²) in [6.45, 7) is 3.56. The molecule has 0 fully saturated rings. The van der Waals surface area contributed by atoms with Gasteiger partial charge < -0.3 is 15.0 Å². The van der Waals surface area contributed by atoms with E-state index in [1.165, 1.54) is 24.1 Å². The van der Waals surface area contributed by atoms with E-state index in [1.807, 2.05) is 44.2 Å². The summed E-state index contributed by atoms with van der Waals surface area (Å²) in [4.78, 5) is 40.1. The van der Waals surface area contributed by atoms with Crippen LogP contribution in [-0.2, 0) is 32.6 Å². The van der Waals surface area contributed by atoms with Crippen LogP contribution in [0.4, 0.5) is 11.4 Å². The first kappa shape index (κ1) is 33.5. The topological polar surface area (TPSA) is 139 Å². The summed E-state index contributed by atoms with van der Waals surface area (Å²) in [6, 6.07) is 18.9. The second-order valence-corrected chi connectivity index (χ2v) is 13.2. The summed E-state index contributed by atoms with van der Waals surface area (Å²) in [6.07, 6.45) is 1.07. The van der Waals surface area contributed by atoms with Gasteiger partial charge in [-0.05, 0) is 35.2 Å². The van der Waals surface area contributed by atoms with Crippen LogP contribution in [0.1, 0.15) is 25.0 Å². The van der Waals surface area contributed by atoms with Crippen LogP contribution in [-0.4, -0.2) is 62.6 Å². The largest absolute Gasteiger partial charge is 0.495 e. The van der Waals surface area contributed by atoms with Crippen LogP contribution < -0.4 is 14.4 Å². The Morgan fingerprint density at radius 3 is 2.23 bits per heavy atom. The number of anilines is 1. The molecule has 3 rings (SSSR count). The number of carbonyl (C=O) groups excluding carboxylic acids is 2. The van der Waals surface area contributed by atoms with Crippen LogP contribution in [0.25, 0.3) is 0 Å². The van der Waals surface area contributed by atoms with Gasteiger partial charge in [0, 0.05) is 36.1 Å². The van der Waals surface area contributed by atoms with Crippen LogP contribution >= 0.6 is 15.9 Å². The molecule has 0 saturated heterocycles. The Morgan fingerprint density at radius 2 is 1.67 bits per heavy atom. The van der Waals surface area contributed by atoms with Gasteiger partial charge in [0.2, 0.25) is 21.8 Å². The van der Waals surface area contributed by atoms with Gasteiger partial charge in [-0.1, -0.05) is 72.2 Å². The van der Waals surface area contributed by atoms with E-state index in [1.54, 1.807) is 24.3 Å². The molecule has 13 heteroatoms. The quantitative estimate of drug-likeness (QED) is 0.196. The highest BCUT2D eigenvalue weighted by atomic mass is 79.9. The number of amides is 2. The van der Waals surface area contributed by atoms with Gasteiger partial charge >= 0.3 is 0 Å². The molecule has 0 heterocycles. The normalized spacial score (nSPS) is 12.0. The van der Waals surface area contributed by atoms with Gasteiger partial charge in [-0.3, -0.25) is 24.0 Å². The van der Waals surface area contributed by atoms with Crippen LogP contribution in [0.3, 0.4) is 0 Å². The van der Waals surface area contributed by atoms with Crippen LogP contribution in [0.2, 0.25) is 0 Å². The molecule has 0 saturated carbocycles. The van der Waals surface area contributed by atoms with E-state index in [0.717, 1.165) is 26.7 Å². The lowest BCUT2D eigenvalue weighted by atomic mass is 10.0. The molecule has 0 radical (unpaired) electrons. The number of sulfonamides is 1. The van der Waals surface area contributed by atoms with Crippen LogP contribution in [0.15, 0.2) is 77.3 Å². The molecule has 43 heavy (non-hydrogen) atoms. The Hall–Kier alpha value is -3.97. The number of hydrogen-bond acceptors (Lipinski definition) is 7. The zero-order valence-corrected chi connectivity index (χ0v) is 26.8. The number of carbonyl (C=O) groups is 2. The minimum absolute atomic E-state index is 0.00237. The first-order chi connectivity index (χ1) is 20.3. The van der Waals surface area contributed by atoms with Gasteiger partial charge in [-0.25, -0.2) is 8.42 Å². The number of ether oxygens (including phenoxy) is 1. The fourth-order valence-corrected chi connectivity index (χ4v) is 5.45. The number of methoxy groups -OCH3 is 1. The van der Waals surface area contributed by atoms with E-state index in [-0.39, 0.29) is 41.9 Å². The highest BCUT2D eigenvalue weighted by molar-refractivity contribution is 9.10. The van der Waals surface area contributed by atoms with Crippen molar-refractivity contribution in [3.05, 3.63) is 98.5 Å². The Morgan fingerprint density at radius 1 is 1.02 bits per heavy atom. The monoisotopic (exact) mass is 674 g/mol. The Labute approximate surface area is 260 Å². The van der Waals surface area contributed by atoms with E-state index in [4.69, 9.17) is 4.74 Å². The molecular weight excluding hydrogens is 640 g/mol. The average Bonchev–Trinajstić information content (AvgIpc) is 2.96. The number of nitro benzene ring substituents is 1. The minimum Gasteiger partial charge on any atom is -0.495 e. The molecule has 230 valence electrons. The van der Waals surface area contributed by atoms with Crippen LogP contribution in [0.5, 0.6) is 5.75 Å². The number of nitrogens with zero attached hydrogens (tertiary/aromatic N) is 3. The minimum atomic E-state index is -4.15. The van der Waals surface area contributed by atoms with Crippen molar-refractivity contribution in [3.63, 3.8) is 0 Å². The van der Waals surface area contributed by atoms with Crippen molar-refractivity contribution in [2.45, 2.75) is 32.9 Å². The molecule has 11 nitrogen and oxygen atoms in total. The maximum atomic E-state index is 14.2. The molecule has 0 aromatic heterocycles. The number of nitro groups is 1. The van der Waals surface area contributed by atoms with Gasteiger partial charge in [0.25, 0.3) is 5.69 Å². The average molecular weight is 676 g/mol. The first-order valence-corrected chi connectivity index (χ1v) is 16.1. The van der Waals surface area contributed by atoms with E-state index >= 15 is 0 Å². The van der Waals surface area contributed by atoms with Gasteiger partial charge in [0.05, 0.1) is 18.3 Å². The number of hydrogen-bond donors (Lipinski definition) is 1. The molecule has 1 N–H and O–H groups in total. The van der Waals surface area contributed by atoms with Crippen molar-refractivity contribution in [3.8, 4) is 5.75 Å². The highest BCUT2D eigenvalue weighted by Gasteiger charge is 2.34. The molecule has 0 aliphatic carbocycles. The van der Waals surface area contributed by atoms with Crippen molar-refractivity contribution < 1.29 is 27.7 Å². The highest BCUT2D eigenvalue weighted by Crippen LogP contribution is 2.34. The molecule has 1 atom stereocenters. The number of benzene rings is 3. The fourth-order valence-electron chi connectivity index (χ4n) is 4.34. The third kappa shape index (κ3) is 9.52. The summed E-state index contributed by atoms with van der Waals surface area (Å²) < 4.78 is 33.0. The molecule has 0 bridgehead atoms. The summed E-state index contributed by atoms with van der Waals surface area (Å²) >= 11 is 3.40. The SMILES string of the molecule is COc1ccc([N+](=O)[O-])cc1N(CC(=O)N(Cc1ccc(Br)cc1)C(Cc1ccccc1)C(=O)NCC(C)C)S(C)(=O)=O. The Balaban J connectivity index is 2.11. The van der Waals surface area contributed by atoms with Gasteiger partial charge in [-0.2, -0.15) is 0 Å². The van der Waals surface area contributed by atoms with Gasteiger partial charge in [0.1, 0.15) is 24.0 Å². The molecule has 1 unspecified atom stereocenters. The van der Waals surface area contributed by atoms with Crippen molar-refractivity contribution in [2.24, 2.45) is 5.92 Å². The maximum Gasteiger partial charge on any atom is 0.271 e. The third-order valence-electron chi connectivity index (χ3n) is 6.54. The molecule has 3 aromatic carbocycles. The van der Waals surface area contributed by atoms with Crippen LogP contribution in [0, 0.1) is 16.0 Å². The molecule has 0 spiro atoms. The Kier molecular flexibility index (Phi) is 11.7. The van der Waals surface area contributed by atoms with E-state index in [2.05, 4.69) is 21.2 Å². The van der Waals surface area contributed by atoms with E-state index in [0.29, 0.717) is 12.1 Å². The van der Waals surface area contributed by atoms with Gasteiger partial charge in [-0.15, -0.1) is 0 Å². The second-order valence-electron chi connectivity index (χ2n) is 10.4. The Bertz CT molecular complexity index is 1530. The zero-order valence-electron chi connectivity index (χ0n) is 24.4. The molecule has 2 amide bonds. The number of halogens is 1. The van der Waals surface area contributed by atoms with Crippen molar-refractivity contribution >= 4 is 49.1 Å². The predicted octanol–water partition coefficient (Wildman–Crippen LogP) is 4.54. The lowest BCUT2D eigenvalue weighted by Gasteiger charge is -2.34. The predicted molar refractivity (Wildman–Crippen MR) is 168 cm³/mol. The number of non-ortho nitro benzene ring substituents is 1. The van der Waals surface area contributed by atoms with E-state index in [9.17, 15) is 28.1 Å². The molecule has 3 aromatic rings. The summed E-state index contributed by atoms with van der Waals surface area (Å²) in [5.74, 6) is -0.887. The lowest BCUT2D eigenvalue weighted by molar-refractivity contribution is -0.384. The standard InChI is InChI=1S/C30H35BrN4O7S/c1-21(2)18-32-30(37)27(16-22-8-6-5-7-9-22)33(19-23-10-12-24(31)13-11-23)29(36)20-34(43(4,40)41)26-17-25(35(38)39)14-15-28(26)42-3/h5-15,17,21,27H,16,18-20H2,1-4H3,(H,32,37). The smallest absolute Gasteiger partial charge is 0.271 e. The fraction of sp³-hybridized carbons (Fsp3) is 0.333. The second kappa shape index (κ2) is 15.0. The number of nitrogens with one attached hydrogen (secondary N) is 1. The molecular formula is C30H35BrN4O7S. The third-order valence-corrected chi connectivity index (χ3v) is 8.20. The first-order valence-electron chi connectivity index (χ1n) is 13.5. The lowest BCUT2D eigenvalue weighted by Crippen LogP contribution is -2.53.